The van der Waals surface area contributed by atoms with Crippen LogP contribution in [0.3, 0.4) is 0 Å². The molecule has 1 aromatic rings. The molecular weight excluding hydrogens is 442 g/mol. The van der Waals surface area contributed by atoms with Crippen LogP contribution in [0.1, 0.15) is 51.2 Å². The summed E-state index contributed by atoms with van der Waals surface area (Å²) in [6.45, 7) is 10.9. The number of hydrogen-bond acceptors (Lipinski definition) is 5. The lowest BCUT2D eigenvalue weighted by Crippen LogP contribution is -2.85. The fraction of sp³-hybridized carbons (Fsp3) is 0.464. The Labute approximate surface area is 204 Å². The molecule has 4 saturated heterocycles. The molecule has 7 nitrogen and oxygen atoms in total. The van der Waals surface area contributed by atoms with Gasteiger partial charge in [0.25, 0.3) is 11.4 Å². The summed E-state index contributed by atoms with van der Waals surface area (Å²) in [7, 11) is 0. The number of fused-ring (bicyclic) bond motifs is 6. The van der Waals surface area contributed by atoms with Gasteiger partial charge in [-0.1, -0.05) is 6.08 Å². The number of ether oxygens (including phenoxy) is 1. The molecule has 0 aromatic heterocycles. The van der Waals surface area contributed by atoms with Crippen molar-refractivity contribution in [3.8, 4) is 5.75 Å². The summed E-state index contributed by atoms with van der Waals surface area (Å²) in [4.78, 5) is 28.4. The molecule has 7 heteroatoms. The molecule has 8 rings (SSSR count). The van der Waals surface area contributed by atoms with E-state index in [2.05, 4.69) is 18.8 Å². The molecule has 180 valence electrons. The van der Waals surface area contributed by atoms with Gasteiger partial charge in [0.2, 0.25) is 5.91 Å². The Bertz CT molecular complexity index is 1360. The number of rotatable bonds is 2. The number of piperazine rings is 1. The number of nitrogens with one attached hydrogen (secondary N) is 1. The van der Waals surface area contributed by atoms with Crippen molar-refractivity contribution in [1.82, 2.24) is 10.2 Å². The second-order valence-corrected chi connectivity index (χ2v) is 11.7. The first-order chi connectivity index (χ1) is 16.6. The van der Waals surface area contributed by atoms with Crippen molar-refractivity contribution in [3.63, 3.8) is 0 Å². The average molecular weight is 473 g/mol. The van der Waals surface area contributed by atoms with Gasteiger partial charge in [0.05, 0.1) is 33.7 Å². The van der Waals surface area contributed by atoms with E-state index in [1.54, 1.807) is 0 Å². The topological polar surface area (TPSA) is 81.9 Å². The zero-order valence-corrected chi connectivity index (χ0v) is 20.3. The normalized spacial score (nSPS) is 39.2. The van der Waals surface area contributed by atoms with Gasteiger partial charge in [-0.3, -0.25) is 15.3 Å². The predicted molar refractivity (Wildman–Crippen MR) is 131 cm³/mol. The summed E-state index contributed by atoms with van der Waals surface area (Å²) in [5, 5.41) is 15.2. The predicted octanol–water partition coefficient (Wildman–Crippen LogP) is 3.24. The van der Waals surface area contributed by atoms with Gasteiger partial charge in [0.1, 0.15) is 23.2 Å². The van der Waals surface area contributed by atoms with E-state index < -0.39 is 28.1 Å². The Morgan fingerprint density at radius 1 is 1.31 bits per heavy atom. The molecule has 2 bridgehead atoms. The van der Waals surface area contributed by atoms with Crippen LogP contribution in [-0.4, -0.2) is 62.0 Å². The smallest absolute Gasteiger partial charge is 0.276 e. The van der Waals surface area contributed by atoms with Crippen molar-refractivity contribution in [2.45, 2.75) is 62.8 Å². The van der Waals surface area contributed by atoms with Gasteiger partial charge < -0.3 is 14.4 Å². The van der Waals surface area contributed by atoms with Gasteiger partial charge in [-0.2, -0.15) is 0 Å². The molecule has 0 radical (unpaired) electrons. The van der Waals surface area contributed by atoms with E-state index in [0.717, 1.165) is 41.5 Å². The molecule has 1 aromatic carbocycles. The molecule has 5 atom stereocenters. The van der Waals surface area contributed by atoms with E-state index in [1.165, 1.54) is 4.74 Å². The van der Waals surface area contributed by atoms with E-state index in [-0.39, 0.29) is 11.8 Å². The van der Waals surface area contributed by atoms with Crippen LogP contribution in [0.15, 0.2) is 36.9 Å². The molecule has 4 fully saturated rings. The Morgan fingerprint density at radius 2 is 2.11 bits per heavy atom. The lowest BCUT2D eigenvalue weighted by Gasteiger charge is -2.65. The molecule has 6 heterocycles. The standard InChI is InChI=1S/C28H30N3O4/c1-5-26(4)20-14-27-10-6-12-30(27)24(33)28(20,29-21(27)15-32)13-18-16-7-8-19-17(9-11-25(2,3)35-19)22(16)31(34)23(18)26/h5,7-9,11,13,15,20-21,29,34H,1,6,10,12,14H2,2-4H3/q+1/t20?,21?,26-,27-,28-/m0/s1. The molecular formula is C28H30N3O4+. The van der Waals surface area contributed by atoms with Crippen LogP contribution in [0.25, 0.3) is 11.6 Å². The van der Waals surface area contributed by atoms with Crippen LogP contribution in [-0.2, 0) is 9.59 Å². The first-order valence-electron chi connectivity index (χ1n) is 12.5. The van der Waals surface area contributed by atoms with E-state index in [1.807, 2.05) is 55.2 Å². The van der Waals surface area contributed by atoms with Gasteiger partial charge in [0.15, 0.2) is 0 Å². The highest BCUT2D eigenvalue weighted by Crippen LogP contribution is 2.62. The highest BCUT2D eigenvalue weighted by atomic mass is 16.5. The van der Waals surface area contributed by atoms with Gasteiger partial charge in [-0.15, -0.1) is 6.58 Å². The van der Waals surface area contributed by atoms with Crippen LogP contribution in [0.2, 0.25) is 0 Å². The summed E-state index contributed by atoms with van der Waals surface area (Å²) >= 11 is 0. The number of carbonyl (C=O) groups excluding carboxylic acids is 2. The maximum absolute atomic E-state index is 14.1. The highest BCUT2D eigenvalue weighted by Gasteiger charge is 2.74. The van der Waals surface area contributed by atoms with E-state index in [4.69, 9.17) is 4.74 Å². The third-order valence-electron chi connectivity index (χ3n) is 9.55. The molecule has 2 N–H and O–H groups in total. The molecule has 7 aliphatic rings. The molecule has 0 saturated carbocycles. The van der Waals surface area contributed by atoms with Gasteiger partial charge >= 0.3 is 0 Å². The van der Waals surface area contributed by atoms with E-state index in [9.17, 15) is 14.8 Å². The van der Waals surface area contributed by atoms with Crippen LogP contribution >= 0.6 is 0 Å². The number of piperidine rings is 2. The number of aldehydes is 1. The van der Waals surface area contributed by atoms with Crippen molar-refractivity contribution < 1.29 is 24.3 Å². The SMILES string of the molecule is C=C[C@]1(C)C2=[N+](O)c3c(ccc4c3C=CC(C)(C)O4)C2=C[C@@]23NC(C=O)[C@]4(CCCN4C2=O)CC13. The Balaban J connectivity index is 1.51. The summed E-state index contributed by atoms with van der Waals surface area (Å²) in [6.07, 6.45) is 11.2. The van der Waals surface area contributed by atoms with Crippen molar-refractivity contribution in [2.75, 3.05) is 6.54 Å². The fourth-order valence-corrected chi connectivity index (χ4v) is 7.89. The summed E-state index contributed by atoms with van der Waals surface area (Å²) in [5.74, 6) is 0.557. The summed E-state index contributed by atoms with van der Waals surface area (Å²) < 4.78 is 7.46. The number of benzene rings is 1. The minimum atomic E-state index is -1.04. The van der Waals surface area contributed by atoms with Gasteiger partial charge in [-0.25, -0.2) is 0 Å². The monoisotopic (exact) mass is 472 g/mol. The zero-order valence-electron chi connectivity index (χ0n) is 20.3. The Hall–Kier alpha value is -3.19. The maximum Gasteiger partial charge on any atom is 0.276 e. The van der Waals surface area contributed by atoms with Crippen molar-refractivity contribution in [2.24, 2.45) is 11.3 Å². The largest absolute Gasteiger partial charge is 0.483 e. The van der Waals surface area contributed by atoms with Crippen LogP contribution in [0.4, 0.5) is 5.69 Å². The Morgan fingerprint density at radius 3 is 2.86 bits per heavy atom. The molecule has 2 spiro atoms. The van der Waals surface area contributed by atoms with Crippen molar-refractivity contribution in [3.05, 3.63) is 48.1 Å². The average Bonchev–Trinajstić information content (AvgIpc) is 3.39. The van der Waals surface area contributed by atoms with Gasteiger partial charge in [-0.05, 0) is 70.4 Å². The molecule has 35 heavy (non-hydrogen) atoms. The third-order valence-corrected chi connectivity index (χ3v) is 9.55. The zero-order chi connectivity index (χ0) is 24.5. The number of carbonyl (C=O) groups is 2. The molecule has 2 unspecified atom stereocenters. The lowest BCUT2D eigenvalue weighted by atomic mass is 9.50. The highest BCUT2D eigenvalue weighted by molar-refractivity contribution is 6.30. The van der Waals surface area contributed by atoms with Crippen molar-refractivity contribution >= 4 is 35.2 Å². The molecule has 6 aliphatic heterocycles. The maximum atomic E-state index is 14.1. The minimum Gasteiger partial charge on any atom is -0.483 e. The summed E-state index contributed by atoms with van der Waals surface area (Å²) in [6, 6.07) is 3.47. The van der Waals surface area contributed by atoms with Crippen molar-refractivity contribution in [1.29, 1.82) is 0 Å². The lowest BCUT2D eigenvalue weighted by molar-refractivity contribution is -0.712. The second-order valence-electron chi connectivity index (χ2n) is 11.7. The second kappa shape index (κ2) is 6.13. The van der Waals surface area contributed by atoms with Crippen LogP contribution < -0.4 is 10.1 Å². The fourth-order valence-electron chi connectivity index (χ4n) is 7.89. The minimum absolute atomic E-state index is 0.0323. The first-order valence-corrected chi connectivity index (χ1v) is 12.5. The molecule has 1 amide bonds. The van der Waals surface area contributed by atoms with E-state index in [0.29, 0.717) is 24.4 Å². The summed E-state index contributed by atoms with van der Waals surface area (Å²) in [5.41, 5.74) is 1.15. The quantitative estimate of drug-likeness (QED) is 0.299. The van der Waals surface area contributed by atoms with Crippen LogP contribution in [0.5, 0.6) is 5.75 Å². The number of nitrogens with zero attached hydrogens (tertiary/aromatic N) is 2. The first kappa shape index (κ1) is 21.1. The van der Waals surface area contributed by atoms with Crippen LogP contribution in [0, 0.1) is 11.3 Å². The Kier molecular flexibility index (Phi) is 3.70. The number of allylic oxidation sites excluding steroid dienone is 2. The third kappa shape index (κ3) is 2.20. The number of hydrogen-bond donors (Lipinski definition) is 2. The molecule has 1 aliphatic carbocycles. The van der Waals surface area contributed by atoms with Gasteiger partial charge in [0, 0.05) is 17.2 Å². The van der Waals surface area contributed by atoms with E-state index >= 15 is 0 Å². The number of amides is 1.